The van der Waals surface area contributed by atoms with E-state index in [1.165, 1.54) is 0 Å². The first-order valence-corrected chi connectivity index (χ1v) is 8.28. The van der Waals surface area contributed by atoms with Crippen molar-refractivity contribution in [2.24, 2.45) is 4.99 Å². The van der Waals surface area contributed by atoms with Crippen molar-refractivity contribution in [2.75, 3.05) is 6.61 Å². The summed E-state index contributed by atoms with van der Waals surface area (Å²) >= 11 is 0.883. The molecule has 7 heteroatoms. The molecule has 2 heterocycles. The first kappa shape index (κ1) is 16.2. The van der Waals surface area contributed by atoms with E-state index in [-0.39, 0.29) is 19.0 Å². The summed E-state index contributed by atoms with van der Waals surface area (Å²) in [6.45, 7) is 3.48. The third kappa shape index (κ3) is 2.90. The van der Waals surface area contributed by atoms with Gasteiger partial charge < -0.3 is 9.84 Å². The molecule has 24 heavy (non-hydrogen) atoms. The number of nitrogens with zero attached hydrogens (tertiary/aromatic N) is 2. The number of aromatic nitrogens is 1. The number of hydrogen-bond acceptors (Lipinski definition) is 6. The Labute approximate surface area is 142 Å². The lowest BCUT2D eigenvalue weighted by Gasteiger charge is -2.04. The molecule has 0 amide bonds. The van der Waals surface area contributed by atoms with E-state index in [4.69, 9.17) is 4.74 Å². The number of rotatable bonds is 4. The Morgan fingerprint density at radius 2 is 2.17 bits per heavy atom. The summed E-state index contributed by atoms with van der Waals surface area (Å²) in [7, 11) is 0. The number of fused-ring (bicyclic) bond motifs is 1. The van der Waals surface area contributed by atoms with Gasteiger partial charge >= 0.3 is 10.8 Å². The van der Waals surface area contributed by atoms with Crippen LogP contribution in [0, 0.1) is 0 Å². The molecule has 0 fully saturated rings. The minimum absolute atomic E-state index is 0.224. The number of aromatic hydroxyl groups is 1. The molecule has 1 N–H and O–H groups in total. The zero-order valence-electron chi connectivity index (χ0n) is 13.3. The van der Waals surface area contributed by atoms with E-state index in [1.54, 1.807) is 13.0 Å². The molecule has 1 aliphatic rings. The Morgan fingerprint density at radius 1 is 1.42 bits per heavy atom. The van der Waals surface area contributed by atoms with E-state index in [0.717, 1.165) is 38.4 Å². The number of carbonyl (C=O) groups excluding carboxylic acids is 1. The van der Waals surface area contributed by atoms with Gasteiger partial charge in [-0.1, -0.05) is 29.5 Å². The predicted molar refractivity (Wildman–Crippen MR) is 94.0 cm³/mol. The molecular weight excluding hydrogens is 328 g/mol. The number of para-hydroxylation sites is 1. The molecule has 1 aliphatic heterocycles. The Morgan fingerprint density at radius 3 is 2.92 bits per heavy atom. The molecule has 0 spiro atoms. The largest absolute Gasteiger partial charge is 0.493 e. The van der Waals surface area contributed by atoms with Crippen molar-refractivity contribution in [3.05, 3.63) is 44.4 Å². The maximum absolute atomic E-state index is 12.1. The number of esters is 1. The van der Waals surface area contributed by atoms with Crippen molar-refractivity contribution in [3.63, 3.8) is 0 Å². The van der Waals surface area contributed by atoms with Gasteiger partial charge in [-0.3, -0.25) is 19.1 Å². The van der Waals surface area contributed by atoms with Crippen molar-refractivity contribution in [2.45, 2.75) is 20.4 Å². The van der Waals surface area contributed by atoms with Gasteiger partial charge in [0.25, 0.3) is 0 Å². The molecule has 0 aliphatic carbocycles. The summed E-state index contributed by atoms with van der Waals surface area (Å²) in [4.78, 5) is 28.1. The highest BCUT2D eigenvalue weighted by molar-refractivity contribution is 7.10. The number of thiazole rings is 1. The third-order valence-corrected chi connectivity index (χ3v) is 4.55. The normalized spacial score (nSPS) is 14.6. The van der Waals surface area contributed by atoms with Crippen molar-refractivity contribution in [1.82, 2.24) is 4.57 Å². The number of allylic oxidation sites excluding steroid dienone is 1. The third-order valence-electron chi connectivity index (χ3n) is 3.63. The molecule has 1 aromatic heterocycles. The quantitative estimate of drug-likeness (QED) is 0.865. The van der Waals surface area contributed by atoms with Crippen LogP contribution in [-0.4, -0.2) is 28.0 Å². The van der Waals surface area contributed by atoms with Crippen LogP contribution < -0.4 is 4.87 Å². The first-order chi connectivity index (χ1) is 11.5. The fourth-order valence-corrected chi connectivity index (χ4v) is 3.36. The summed E-state index contributed by atoms with van der Waals surface area (Å²) in [6, 6.07) is 7.67. The van der Waals surface area contributed by atoms with Crippen molar-refractivity contribution >= 4 is 40.4 Å². The van der Waals surface area contributed by atoms with Crippen LogP contribution in [0.5, 0.6) is 5.88 Å². The Bertz CT molecular complexity index is 921. The Balaban J connectivity index is 1.99. The fourth-order valence-electron chi connectivity index (χ4n) is 2.53. The van der Waals surface area contributed by atoms with E-state index in [9.17, 15) is 14.7 Å². The summed E-state index contributed by atoms with van der Waals surface area (Å²) in [5, 5.41) is 10.3. The van der Waals surface area contributed by atoms with Gasteiger partial charge in [-0.25, -0.2) is 0 Å². The topological polar surface area (TPSA) is 80.9 Å². The zero-order valence-corrected chi connectivity index (χ0v) is 14.1. The molecule has 3 rings (SSSR count). The van der Waals surface area contributed by atoms with Gasteiger partial charge in [0, 0.05) is 16.8 Å². The van der Waals surface area contributed by atoms with Gasteiger partial charge in [0.15, 0.2) is 0 Å². The smallest absolute Gasteiger partial charge is 0.326 e. The number of hydrogen-bond donors (Lipinski definition) is 1. The molecule has 0 saturated heterocycles. The molecule has 6 nitrogen and oxygen atoms in total. The van der Waals surface area contributed by atoms with Crippen molar-refractivity contribution in [1.29, 1.82) is 0 Å². The monoisotopic (exact) mass is 344 g/mol. The van der Waals surface area contributed by atoms with Crippen molar-refractivity contribution < 1.29 is 14.6 Å². The van der Waals surface area contributed by atoms with Gasteiger partial charge in [-0.05, 0) is 26.0 Å². The highest BCUT2D eigenvalue weighted by atomic mass is 32.1. The second-order valence-corrected chi connectivity index (χ2v) is 6.21. The predicted octanol–water partition coefficient (Wildman–Crippen LogP) is 2.83. The maximum Gasteiger partial charge on any atom is 0.326 e. The molecule has 1 aromatic carbocycles. The van der Waals surface area contributed by atoms with E-state index >= 15 is 0 Å². The van der Waals surface area contributed by atoms with Gasteiger partial charge in [-0.2, -0.15) is 0 Å². The van der Waals surface area contributed by atoms with Crippen LogP contribution in [0.3, 0.4) is 0 Å². The van der Waals surface area contributed by atoms with Crippen LogP contribution in [0.4, 0.5) is 5.69 Å². The summed E-state index contributed by atoms with van der Waals surface area (Å²) < 4.78 is 5.84. The Kier molecular flexibility index (Phi) is 4.35. The average molecular weight is 344 g/mol. The molecule has 0 radical (unpaired) electrons. The highest BCUT2D eigenvalue weighted by Gasteiger charge is 2.20. The summed E-state index contributed by atoms with van der Waals surface area (Å²) in [6.07, 6.45) is 1.73. The lowest BCUT2D eigenvalue weighted by Crippen LogP contribution is -2.20. The highest BCUT2D eigenvalue weighted by Crippen LogP contribution is 2.37. The number of aliphatic imine (C=N–C) groups is 1. The first-order valence-electron chi connectivity index (χ1n) is 7.46. The van der Waals surface area contributed by atoms with E-state index in [0.29, 0.717) is 4.88 Å². The van der Waals surface area contributed by atoms with Gasteiger partial charge in [0.05, 0.1) is 17.2 Å². The maximum atomic E-state index is 12.1. The molecular formula is C17H16N2O4S. The fraction of sp³-hybridized carbons (Fsp3) is 0.235. The SMILES string of the molecule is CCOC(=O)Cn1c(O)c(C=C2C(C)=Nc3ccccc32)sc1=O. The summed E-state index contributed by atoms with van der Waals surface area (Å²) in [5.41, 5.74) is 3.48. The van der Waals surface area contributed by atoms with E-state index in [2.05, 4.69) is 4.99 Å². The molecule has 2 aromatic rings. The molecule has 0 unspecified atom stereocenters. The molecule has 124 valence electrons. The van der Waals surface area contributed by atoms with Crippen LogP contribution in [0.2, 0.25) is 0 Å². The summed E-state index contributed by atoms with van der Waals surface area (Å²) in [5.74, 6) is -0.793. The van der Waals surface area contributed by atoms with Crippen LogP contribution in [-0.2, 0) is 16.1 Å². The van der Waals surface area contributed by atoms with Crippen LogP contribution in [0.25, 0.3) is 11.6 Å². The lowest BCUT2D eigenvalue weighted by atomic mass is 10.0. The minimum atomic E-state index is -0.559. The number of carbonyl (C=O) groups is 1. The minimum Gasteiger partial charge on any atom is -0.493 e. The average Bonchev–Trinajstić information content (AvgIpc) is 3.00. The van der Waals surface area contributed by atoms with Gasteiger partial charge in [0.1, 0.15) is 6.54 Å². The number of ether oxygens (including phenoxy) is 1. The molecule has 0 atom stereocenters. The van der Waals surface area contributed by atoms with Crippen LogP contribution in [0.1, 0.15) is 24.3 Å². The molecule has 0 bridgehead atoms. The van der Waals surface area contributed by atoms with Crippen molar-refractivity contribution in [3.8, 4) is 5.88 Å². The van der Waals surface area contributed by atoms with E-state index in [1.807, 2.05) is 31.2 Å². The van der Waals surface area contributed by atoms with Crippen LogP contribution >= 0.6 is 11.3 Å². The van der Waals surface area contributed by atoms with Gasteiger partial charge in [-0.15, -0.1) is 0 Å². The second-order valence-electron chi connectivity index (χ2n) is 5.22. The van der Waals surface area contributed by atoms with Gasteiger partial charge in [0.2, 0.25) is 5.88 Å². The second kappa shape index (κ2) is 6.45. The number of benzene rings is 1. The van der Waals surface area contributed by atoms with E-state index < -0.39 is 10.8 Å². The Hall–Kier alpha value is -2.67. The van der Waals surface area contributed by atoms with Crippen LogP contribution in [0.15, 0.2) is 34.1 Å². The standard InChI is InChI=1S/C17H16N2O4S/c1-3-23-15(20)9-19-16(21)14(24-17(19)22)8-12-10(2)18-13-7-5-4-6-11(12)13/h4-8,21H,3,9H2,1-2H3. The zero-order chi connectivity index (χ0) is 17.3. The molecule has 0 saturated carbocycles. The lowest BCUT2D eigenvalue weighted by molar-refractivity contribution is -0.143.